The maximum atomic E-state index is 12.7. The topological polar surface area (TPSA) is 0 Å². The van der Waals surface area contributed by atoms with Crippen molar-refractivity contribution >= 4 is 11.1 Å². The molecule has 0 atom stereocenters. The Balaban J connectivity index is 1.66. The van der Waals surface area contributed by atoms with E-state index in [1.54, 1.807) is 0 Å². The van der Waals surface area contributed by atoms with Crippen LogP contribution in [0.25, 0.3) is 11.1 Å². The van der Waals surface area contributed by atoms with Crippen molar-refractivity contribution in [2.45, 2.75) is 51.6 Å². The molecule has 27 heavy (non-hydrogen) atoms. The number of hydrogen-bond donors (Lipinski definition) is 0. The van der Waals surface area contributed by atoms with E-state index in [9.17, 15) is 13.2 Å². The molecule has 0 unspecified atom stereocenters. The van der Waals surface area contributed by atoms with Crippen molar-refractivity contribution in [1.29, 1.82) is 0 Å². The van der Waals surface area contributed by atoms with Gasteiger partial charge in [0.15, 0.2) is 0 Å². The summed E-state index contributed by atoms with van der Waals surface area (Å²) in [7, 11) is 0. The second-order valence-corrected chi connectivity index (χ2v) is 7.37. The molecular formula is C24H25F3. The zero-order valence-corrected chi connectivity index (χ0v) is 15.8. The van der Waals surface area contributed by atoms with Crippen molar-refractivity contribution in [3.05, 3.63) is 82.9 Å². The first-order valence-electron chi connectivity index (χ1n) is 9.42. The molecule has 0 saturated carbocycles. The number of hydrogen-bond acceptors (Lipinski definition) is 0. The van der Waals surface area contributed by atoms with Gasteiger partial charge in [-0.05, 0) is 96.5 Å². The summed E-state index contributed by atoms with van der Waals surface area (Å²) < 4.78 is 38.1. The highest BCUT2D eigenvalue weighted by atomic mass is 19.4. The molecule has 0 amide bonds. The summed E-state index contributed by atoms with van der Waals surface area (Å²) in [6.07, 6.45) is 1.93. The maximum Gasteiger partial charge on any atom is 0.416 e. The van der Waals surface area contributed by atoms with Crippen molar-refractivity contribution in [2.24, 2.45) is 0 Å². The van der Waals surface area contributed by atoms with E-state index in [4.69, 9.17) is 0 Å². The highest BCUT2D eigenvalue weighted by molar-refractivity contribution is 5.71. The monoisotopic (exact) mass is 370 g/mol. The molecule has 1 aliphatic carbocycles. The predicted octanol–water partition coefficient (Wildman–Crippen LogP) is 7.40. The van der Waals surface area contributed by atoms with Gasteiger partial charge in [0.1, 0.15) is 0 Å². The van der Waals surface area contributed by atoms with Crippen LogP contribution in [-0.4, -0.2) is 0 Å². The first kappa shape index (κ1) is 19.5. The van der Waals surface area contributed by atoms with Crippen molar-refractivity contribution in [3.63, 3.8) is 0 Å². The molecule has 0 spiro atoms. The molecule has 142 valence electrons. The number of rotatable bonds is 5. The van der Waals surface area contributed by atoms with Gasteiger partial charge in [0.05, 0.1) is 5.56 Å². The summed E-state index contributed by atoms with van der Waals surface area (Å²) in [6.45, 7) is 10.5. The highest BCUT2D eigenvalue weighted by Gasteiger charge is 2.30. The smallest absolute Gasteiger partial charge is 0.166 e. The fourth-order valence-electron chi connectivity index (χ4n) is 3.87. The normalized spacial score (nSPS) is 13.9. The van der Waals surface area contributed by atoms with Crippen molar-refractivity contribution < 1.29 is 13.2 Å². The molecule has 0 bridgehead atoms. The third kappa shape index (κ3) is 4.35. The predicted molar refractivity (Wildman–Crippen MR) is 107 cm³/mol. The van der Waals surface area contributed by atoms with Crippen LogP contribution in [0.1, 0.15) is 59.1 Å². The van der Waals surface area contributed by atoms with Crippen LogP contribution in [0.15, 0.2) is 49.6 Å². The molecule has 0 saturated heterocycles. The minimum atomic E-state index is -4.31. The van der Waals surface area contributed by atoms with Crippen LogP contribution in [0.5, 0.6) is 0 Å². The Bertz CT molecular complexity index is 854. The standard InChI is InChI=1S/C24H25F3/c1-16(19-10-13-21(14-11-19)24(25,26)27)8-9-17(2)22-15-12-20-6-4-5-7-23(20)18(22)3/h10-15H,1-2,4-9H2,3H3. The van der Waals surface area contributed by atoms with Crippen LogP contribution in [0.2, 0.25) is 0 Å². The Morgan fingerprint density at radius 3 is 2.19 bits per heavy atom. The molecule has 2 aromatic carbocycles. The molecule has 2 aromatic rings. The van der Waals surface area contributed by atoms with Gasteiger partial charge in [0.2, 0.25) is 0 Å². The molecule has 3 rings (SSSR count). The maximum absolute atomic E-state index is 12.7. The minimum Gasteiger partial charge on any atom is -0.166 e. The van der Waals surface area contributed by atoms with Gasteiger partial charge in [0.25, 0.3) is 0 Å². The second kappa shape index (κ2) is 7.75. The number of aryl methyl sites for hydroxylation is 1. The van der Waals surface area contributed by atoms with Crippen LogP contribution < -0.4 is 0 Å². The molecule has 0 aliphatic heterocycles. The lowest BCUT2D eigenvalue weighted by atomic mass is 9.84. The van der Waals surface area contributed by atoms with E-state index in [1.807, 2.05) is 0 Å². The average molecular weight is 370 g/mol. The lowest BCUT2D eigenvalue weighted by Gasteiger charge is -2.21. The Labute approximate surface area is 159 Å². The van der Waals surface area contributed by atoms with Crippen LogP contribution >= 0.6 is 0 Å². The summed E-state index contributed by atoms with van der Waals surface area (Å²) in [5.41, 5.74) is 7.49. The largest absolute Gasteiger partial charge is 0.416 e. The third-order valence-electron chi connectivity index (χ3n) is 5.55. The fraction of sp³-hybridized carbons (Fsp3) is 0.333. The van der Waals surface area contributed by atoms with E-state index < -0.39 is 11.7 Å². The SMILES string of the molecule is C=C(CCC(=C)c1ccc2c(c1C)CCCC2)c1ccc(C(F)(F)F)cc1. The number of alkyl halides is 3. The van der Waals surface area contributed by atoms with Gasteiger partial charge < -0.3 is 0 Å². The first-order chi connectivity index (χ1) is 12.8. The summed E-state index contributed by atoms with van der Waals surface area (Å²) in [5.74, 6) is 0. The van der Waals surface area contributed by atoms with Gasteiger partial charge in [-0.2, -0.15) is 13.2 Å². The molecule has 0 N–H and O–H groups in total. The number of halogens is 3. The lowest BCUT2D eigenvalue weighted by Crippen LogP contribution is -2.06. The Kier molecular flexibility index (Phi) is 5.59. The van der Waals surface area contributed by atoms with Crippen LogP contribution in [0, 0.1) is 6.92 Å². The summed E-state index contributed by atoms with van der Waals surface area (Å²) >= 11 is 0. The fourth-order valence-corrected chi connectivity index (χ4v) is 3.87. The minimum absolute atomic E-state index is 0.631. The molecule has 0 radical (unpaired) electrons. The molecule has 1 aliphatic rings. The van der Waals surface area contributed by atoms with Crippen LogP contribution in [0.4, 0.5) is 13.2 Å². The number of benzene rings is 2. The molecule has 3 heteroatoms. The first-order valence-corrected chi connectivity index (χ1v) is 9.42. The Morgan fingerprint density at radius 1 is 0.889 bits per heavy atom. The quantitative estimate of drug-likeness (QED) is 0.514. The van der Waals surface area contributed by atoms with Crippen molar-refractivity contribution in [2.75, 3.05) is 0 Å². The zero-order chi connectivity index (χ0) is 19.6. The molecule has 0 fully saturated rings. The van der Waals surface area contributed by atoms with Gasteiger partial charge >= 0.3 is 6.18 Å². The number of fused-ring (bicyclic) bond motifs is 1. The summed E-state index contributed by atoms with van der Waals surface area (Å²) in [6, 6.07) is 9.62. The molecule has 0 aromatic heterocycles. The summed E-state index contributed by atoms with van der Waals surface area (Å²) in [5, 5.41) is 0. The molecular weight excluding hydrogens is 345 g/mol. The lowest BCUT2D eigenvalue weighted by molar-refractivity contribution is -0.137. The van der Waals surface area contributed by atoms with E-state index in [0.29, 0.717) is 6.42 Å². The van der Waals surface area contributed by atoms with Crippen LogP contribution in [0.3, 0.4) is 0 Å². The highest BCUT2D eigenvalue weighted by Crippen LogP contribution is 2.33. The van der Waals surface area contributed by atoms with E-state index in [2.05, 4.69) is 32.2 Å². The molecule has 0 heterocycles. The van der Waals surface area contributed by atoms with Gasteiger partial charge in [-0.15, -0.1) is 0 Å². The van der Waals surface area contributed by atoms with Gasteiger partial charge in [-0.3, -0.25) is 0 Å². The van der Waals surface area contributed by atoms with Gasteiger partial charge in [-0.1, -0.05) is 37.4 Å². The zero-order valence-electron chi connectivity index (χ0n) is 15.8. The average Bonchev–Trinajstić information content (AvgIpc) is 2.66. The van der Waals surface area contributed by atoms with E-state index >= 15 is 0 Å². The Hall–Kier alpha value is -2.29. The van der Waals surface area contributed by atoms with Crippen molar-refractivity contribution in [3.8, 4) is 0 Å². The van der Waals surface area contributed by atoms with E-state index in [1.165, 1.54) is 47.2 Å². The molecule has 0 nitrogen and oxygen atoms in total. The van der Waals surface area contributed by atoms with E-state index in [0.717, 1.165) is 48.1 Å². The van der Waals surface area contributed by atoms with E-state index in [-0.39, 0.29) is 0 Å². The van der Waals surface area contributed by atoms with Gasteiger partial charge in [0, 0.05) is 0 Å². The second-order valence-electron chi connectivity index (χ2n) is 7.37. The Morgan fingerprint density at radius 2 is 1.52 bits per heavy atom. The van der Waals surface area contributed by atoms with Crippen LogP contribution in [-0.2, 0) is 19.0 Å². The van der Waals surface area contributed by atoms with Gasteiger partial charge in [-0.25, -0.2) is 0 Å². The third-order valence-corrected chi connectivity index (χ3v) is 5.55. The van der Waals surface area contributed by atoms with Crippen molar-refractivity contribution in [1.82, 2.24) is 0 Å². The number of allylic oxidation sites excluding steroid dienone is 2. The summed E-state index contributed by atoms with van der Waals surface area (Å²) in [4.78, 5) is 0.